The molecule has 110 valence electrons. The van der Waals surface area contributed by atoms with Crippen LogP contribution in [0.25, 0.3) is 0 Å². The fraction of sp³-hybridized carbons (Fsp3) is 0.188. The minimum atomic E-state index is -1.64. The van der Waals surface area contributed by atoms with Crippen molar-refractivity contribution >= 4 is 40.6 Å². The largest absolute Gasteiger partial charge is 0.291 e. The zero-order chi connectivity index (χ0) is 15.5. The molecule has 0 aliphatic carbocycles. The Morgan fingerprint density at radius 1 is 1.05 bits per heavy atom. The molecule has 0 aliphatic rings. The van der Waals surface area contributed by atoms with Crippen molar-refractivity contribution in [2.24, 2.45) is 0 Å². The fourth-order valence-electron chi connectivity index (χ4n) is 1.91. The summed E-state index contributed by atoms with van der Waals surface area (Å²) in [6.45, 7) is 0. The molecule has 1 nitrogen and oxygen atoms in total. The summed E-state index contributed by atoms with van der Waals surface area (Å²) in [5.41, 5.74) is 1.08. The van der Waals surface area contributed by atoms with Crippen molar-refractivity contribution in [2.75, 3.05) is 0 Å². The highest BCUT2D eigenvalue weighted by molar-refractivity contribution is 6.60. The third-order valence-electron chi connectivity index (χ3n) is 3.04. The van der Waals surface area contributed by atoms with E-state index in [0.29, 0.717) is 11.1 Å². The molecule has 2 aromatic rings. The number of ketones is 1. The van der Waals surface area contributed by atoms with Crippen molar-refractivity contribution in [3.05, 3.63) is 71.5 Å². The van der Waals surface area contributed by atoms with Gasteiger partial charge in [0.25, 0.3) is 0 Å². The molecule has 0 heterocycles. The van der Waals surface area contributed by atoms with E-state index in [2.05, 4.69) is 0 Å². The molecule has 21 heavy (non-hydrogen) atoms. The van der Waals surface area contributed by atoms with Gasteiger partial charge in [-0.05, 0) is 17.7 Å². The van der Waals surface area contributed by atoms with E-state index in [4.69, 9.17) is 34.8 Å². The van der Waals surface area contributed by atoms with Crippen molar-refractivity contribution in [1.82, 2.24) is 0 Å². The van der Waals surface area contributed by atoms with Crippen LogP contribution in [0, 0.1) is 5.82 Å². The lowest BCUT2D eigenvalue weighted by Crippen LogP contribution is -2.27. The summed E-state index contributed by atoms with van der Waals surface area (Å²) < 4.78 is 11.3. The number of hydrogen-bond donors (Lipinski definition) is 0. The average molecular weight is 346 g/mol. The van der Waals surface area contributed by atoms with E-state index in [0.717, 1.165) is 0 Å². The van der Waals surface area contributed by atoms with Crippen LogP contribution in [0.5, 0.6) is 0 Å². The molecule has 2 aromatic carbocycles. The van der Waals surface area contributed by atoms with Crippen molar-refractivity contribution in [3.63, 3.8) is 0 Å². The van der Waals surface area contributed by atoms with E-state index < -0.39 is 15.5 Å². The molecule has 0 fully saturated rings. The summed E-state index contributed by atoms with van der Waals surface area (Å²) in [5.74, 6) is -0.759. The Hall–Kier alpha value is -1.09. The van der Waals surface area contributed by atoms with E-state index in [9.17, 15) is 9.18 Å². The third-order valence-corrected chi connectivity index (χ3v) is 4.09. The van der Waals surface area contributed by atoms with Crippen molar-refractivity contribution in [2.45, 2.75) is 16.1 Å². The lowest BCUT2D eigenvalue weighted by molar-refractivity contribution is 0.0968. The van der Waals surface area contributed by atoms with Crippen LogP contribution in [0.2, 0.25) is 0 Å². The maximum Gasteiger partial charge on any atom is 0.198 e. The summed E-state index contributed by atoms with van der Waals surface area (Å²) in [7, 11) is 0. The molecule has 1 atom stereocenters. The van der Waals surface area contributed by atoms with Gasteiger partial charge in [-0.1, -0.05) is 65.7 Å². The summed E-state index contributed by atoms with van der Waals surface area (Å²) in [6, 6.07) is 14.2. The van der Waals surface area contributed by atoms with Gasteiger partial charge in [-0.3, -0.25) is 4.79 Å². The van der Waals surface area contributed by atoms with E-state index in [1.165, 1.54) is 12.1 Å². The molecule has 0 bridgehead atoms. The van der Waals surface area contributed by atoms with Crippen LogP contribution in [0.1, 0.15) is 27.7 Å². The quantitative estimate of drug-likeness (QED) is 0.513. The van der Waals surface area contributed by atoms with Crippen LogP contribution in [0.15, 0.2) is 54.6 Å². The SMILES string of the molecule is O=C(c1ccccc1)C(Cl)(Cl)CC(Cl)c1ccc(F)cc1. The topological polar surface area (TPSA) is 17.1 Å². The van der Waals surface area contributed by atoms with E-state index >= 15 is 0 Å². The van der Waals surface area contributed by atoms with Crippen molar-refractivity contribution < 1.29 is 9.18 Å². The van der Waals surface area contributed by atoms with E-state index in [-0.39, 0.29) is 12.2 Å². The first-order chi connectivity index (χ1) is 9.90. The van der Waals surface area contributed by atoms with Gasteiger partial charge < -0.3 is 0 Å². The number of carbonyl (C=O) groups excluding carboxylic acids is 1. The standard InChI is InChI=1S/C16H12Cl3FO/c17-14(11-6-8-13(20)9-7-11)10-16(18,19)15(21)12-4-2-1-3-5-12/h1-9,14H,10H2. The Bertz CT molecular complexity index is 611. The Labute approximate surface area is 137 Å². The van der Waals surface area contributed by atoms with Gasteiger partial charge in [0, 0.05) is 12.0 Å². The van der Waals surface area contributed by atoms with Crippen LogP contribution in [0.3, 0.4) is 0 Å². The minimum absolute atomic E-state index is 0.0248. The molecule has 0 spiro atoms. The number of benzene rings is 2. The Morgan fingerprint density at radius 3 is 2.19 bits per heavy atom. The van der Waals surface area contributed by atoms with Gasteiger partial charge >= 0.3 is 0 Å². The maximum absolute atomic E-state index is 12.9. The highest BCUT2D eigenvalue weighted by Crippen LogP contribution is 2.38. The van der Waals surface area contributed by atoms with Crippen molar-refractivity contribution in [3.8, 4) is 0 Å². The fourth-order valence-corrected chi connectivity index (χ4v) is 2.97. The summed E-state index contributed by atoms with van der Waals surface area (Å²) in [5, 5.41) is -0.590. The molecular formula is C16H12Cl3FO. The molecule has 2 rings (SSSR count). The van der Waals surface area contributed by atoms with Gasteiger partial charge in [-0.15, -0.1) is 11.6 Å². The Balaban J connectivity index is 2.13. The predicted molar refractivity (Wildman–Crippen MR) is 84.8 cm³/mol. The zero-order valence-corrected chi connectivity index (χ0v) is 13.2. The second-order valence-electron chi connectivity index (χ2n) is 4.62. The third kappa shape index (κ3) is 4.19. The molecule has 0 amide bonds. The summed E-state index contributed by atoms with van der Waals surface area (Å²) in [4.78, 5) is 12.3. The van der Waals surface area contributed by atoms with Gasteiger partial charge in [0.1, 0.15) is 5.82 Å². The van der Waals surface area contributed by atoms with Crippen LogP contribution in [-0.4, -0.2) is 10.1 Å². The highest BCUT2D eigenvalue weighted by atomic mass is 35.5. The van der Waals surface area contributed by atoms with Gasteiger partial charge in [0.05, 0.1) is 5.38 Å². The normalized spacial score (nSPS) is 13.0. The lowest BCUT2D eigenvalue weighted by atomic mass is 10.0. The smallest absolute Gasteiger partial charge is 0.198 e. The van der Waals surface area contributed by atoms with Crippen molar-refractivity contribution in [1.29, 1.82) is 0 Å². The van der Waals surface area contributed by atoms with Gasteiger partial charge in [-0.25, -0.2) is 4.39 Å². The molecule has 0 saturated carbocycles. The number of hydrogen-bond acceptors (Lipinski definition) is 1. The highest BCUT2D eigenvalue weighted by Gasteiger charge is 2.36. The molecule has 5 heteroatoms. The molecule has 0 saturated heterocycles. The number of Topliss-reactive ketones (excluding diaryl/α,β-unsaturated/α-hetero) is 1. The molecule has 0 radical (unpaired) electrons. The summed E-state index contributed by atoms with van der Waals surface area (Å²) in [6.07, 6.45) is 0.0248. The van der Waals surface area contributed by atoms with Crippen LogP contribution in [-0.2, 0) is 0 Å². The average Bonchev–Trinajstić information content (AvgIpc) is 2.47. The summed E-state index contributed by atoms with van der Waals surface area (Å²) >= 11 is 18.5. The zero-order valence-electron chi connectivity index (χ0n) is 10.9. The second kappa shape index (κ2) is 6.78. The first-order valence-electron chi connectivity index (χ1n) is 6.27. The number of alkyl halides is 3. The molecular weight excluding hydrogens is 334 g/mol. The van der Waals surface area contributed by atoms with Crippen LogP contribution >= 0.6 is 34.8 Å². The van der Waals surface area contributed by atoms with Gasteiger partial charge in [-0.2, -0.15) is 0 Å². The molecule has 0 aliphatic heterocycles. The Kier molecular flexibility index (Phi) is 5.26. The van der Waals surface area contributed by atoms with Gasteiger partial charge in [0.2, 0.25) is 0 Å². The van der Waals surface area contributed by atoms with Crippen LogP contribution in [0.4, 0.5) is 4.39 Å². The van der Waals surface area contributed by atoms with E-state index in [1.54, 1.807) is 42.5 Å². The van der Waals surface area contributed by atoms with Crippen LogP contribution < -0.4 is 0 Å². The molecule has 0 aromatic heterocycles. The monoisotopic (exact) mass is 344 g/mol. The minimum Gasteiger partial charge on any atom is -0.291 e. The first-order valence-corrected chi connectivity index (χ1v) is 7.46. The van der Waals surface area contributed by atoms with E-state index in [1.807, 2.05) is 0 Å². The second-order valence-corrected chi connectivity index (χ2v) is 6.63. The Morgan fingerprint density at radius 2 is 1.62 bits per heavy atom. The number of carbonyl (C=O) groups is 1. The number of rotatable bonds is 5. The predicted octanol–water partition coefficient (Wildman–Crippen LogP) is 5.55. The van der Waals surface area contributed by atoms with Gasteiger partial charge in [0.15, 0.2) is 10.1 Å². The lowest BCUT2D eigenvalue weighted by Gasteiger charge is -2.21. The molecule has 1 unspecified atom stereocenters. The first kappa shape index (κ1) is 16.3. The number of halogens is 4. The maximum atomic E-state index is 12.9. The molecule has 0 N–H and O–H groups in total.